The van der Waals surface area contributed by atoms with E-state index in [0.29, 0.717) is 5.82 Å². The largest absolute Gasteiger partial charge is 0.463 e. The molecule has 1 rings (SSSR count). The van der Waals surface area contributed by atoms with Crippen molar-refractivity contribution in [2.45, 2.75) is 6.92 Å². The number of aromatic amines is 1. The van der Waals surface area contributed by atoms with Crippen molar-refractivity contribution in [2.75, 3.05) is 7.11 Å². The van der Waals surface area contributed by atoms with Crippen molar-refractivity contribution in [3.8, 4) is 0 Å². The lowest BCUT2D eigenvalue weighted by molar-refractivity contribution is -0.135. The maximum absolute atomic E-state index is 11.0. The van der Waals surface area contributed by atoms with Gasteiger partial charge in [-0.25, -0.2) is 9.78 Å². The zero-order valence-electron chi connectivity index (χ0n) is 6.75. The van der Waals surface area contributed by atoms with Crippen LogP contribution in [0.1, 0.15) is 16.3 Å². The predicted octanol–water partition coefficient (Wildman–Crippen LogP) is 0.0738. The molecule has 1 N–H and O–H groups in total. The van der Waals surface area contributed by atoms with E-state index in [9.17, 15) is 9.59 Å². The summed E-state index contributed by atoms with van der Waals surface area (Å²) < 4.78 is 4.24. The molecule has 64 valence electrons. The van der Waals surface area contributed by atoms with Crippen LogP contribution in [-0.2, 0) is 9.53 Å². The third-order valence-corrected chi connectivity index (χ3v) is 1.32. The summed E-state index contributed by atoms with van der Waals surface area (Å²) in [5.41, 5.74) is 0.152. The number of aryl methyl sites for hydroxylation is 1. The van der Waals surface area contributed by atoms with Gasteiger partial charge in [-0.2, -0.15) is 0 Å². The van der Waals surface area contributed by atoms with Crippen molar-refractivity contribution in [3.63, 3.8) is 0 Å². The first kappa shape index (κ1) is 8.45. The van der Waals surface area contributed by atoms with Gasteiger partial charge in [-0.3, -0.25) is 4.79 Å². The van der Waals surface area contributed by atoms with Crippen LogP contribution in [-0.4, -0.2) is 28.8 Å². The molecule has 0 atom stereocenters. The van der Waals surface area contributed by atoms with Crippen LogP contribution in [0.25, 0.3) is 0 Å². The summed E-state index contributed by atoms with van der Waals surface area (Å²) in [6.45, 7) is 1.69. The van der Waals surface area contributed by atoms with Gasteiger partial charge in [0, 0.05) is 0 Å². The van der Waals surface area contributed by atoms with Crippen molar-refractivity contribution < 1.29 is 14.3 Å². The van der Waals surface area contributed by atoms with Gasteiger partial charge in [-0.15, -0.1) is 0 Å². The Morgan fingerprint density at radius 3 is 2.67 bits per heavy atom. The quantitative estimate of drug-likeness (QED) is 0.385. The number of esters is 1. The molecule has 0 amide bonds. The number of aromatic nitrogens is 2. The predicted molar refractivity (Wildman–Crippen MR) is 39.7 cm³/mol. The van der Waals surface area contributed by atoms with Crippen molar-refractivity contribution in [3.05, 3.63) is 17.7 Å². The van der Waals surface area contributed by atoms with Crippen LogP contribution in [0.2, 0.25) is 0 Å². The molecule has 5 heteroatoms. The first-order valence-electron chi connectivity index (χ1n) is 3.29. The summed E-state index contributed by atoms with van der Waals surface area (Å²) >= 11 is 0. The molecule has 0 aliphatic heterocycles. The molecule has 1 aromatic heterocycles. The van der Waals surface area contributed by atoms with Gasteiger partial charge < -0.3 is 9.72 Å². The van der Waals surface area contributed by atoms with Gasteiger partial charge in [0.1, 0.15) is 11.5 Å². The summed E-state index contributed by atoms with van der Waals surface area (Å²) in [5.74, 6) is -1.01. The molecular weight excluding hydrogens is 160 g/mol. The average molecular weight is 168 g/mol. The van der Waals surface area contributed by atoms with Gasteiger partial charge in [0.2, 0.25) is 0 Å². The lowest BCUT2D eigenvalue weighted by Gasteiger charge is -1.93. The number of carbonyl (C=O) groups is 2. The molecule has 0 spiro atoms. The zero-order valence-corrected chi connectivity index (χ0v) is 6.75. The average Bonchev–Trinajstić information content (AvgIpc) is 2.49. The molecule has 0 aromatic carbocycles. The summed E-state index contributed by atoms with van der Waals surface area (Å²) in [6, 6.07) is 0. The SMILES string of the molecule is COC(=O)C(=O)c1cnc(C)[nH]1. The molecule has 0 saturated heterocycles. The maximum Gasteiger partial charge on any atom is 0.381 e. The van der Waals surface area contributed by atoms with Crippen LogP contribution in [0.5, 0.6) is 0 Å². The highest BCUT2D eigenvalue weighted by Crippen LogP contribution is 1.97. The highest BCUT2D eigenvalue weighted by Gasteiger charge is 2.17. The molecule has 1 aromatic rings. The second-order valence-corrected chi connectivity index (χ2v) is 2.20. The zero-order chi connectivity index (χ0) is 9.14. The Morgan fingerprint density at radius 1 is 1.58 bits per heavy atom. The maximum atomic E-state index is 11.0. The highest BCUT2D eigenvalue weighted by atomic mass is 16.5. The van der Waals surface area contributed by atoms with Crippen molar-refractivity contribution in [2.24, 2.45) is 0 Å². The van der Waals surface area contributed by atoms with E-state index in [2.05, 4.69) is 14.7 Å². The minimum absolute atomic E-state index is 0.152. The molecule has 5 nitrogen and oxygen atoms in total. The van der Waals surface area contributed by atoms with Crippen LogP contribution >= 0.6 is 0 Å². The van der Waals surface area contributed by atoms with Crippen LogP contribution in [0.15, 0.2) is 6.20 Å². The summed E-state index contributed by atoms with van der Waals surface area (Å²) in [6.07, 6.45) is 1.30. The van der Waals surface area contributed by atoms with E-state index in [1.54, 1.807) is 6.92 Å². The van der Waals surface area contributed by atoms with Gasteiger partial charge in [-0.1, -0.05) is 0 Å². The first-order valence-corrected chi connectivity index (χ1v) is 3.29. The van der Waals surface area contributed by atoms with Gasteiger partial charge >= 0.3 is 5.97 Å². The van der Waals surface area contributed by atoms with Crippen LogP contribution in [0.4, 0.5) is 0 Å². The van der Waals surface area contributed by atoms with E-state index in [-0.39, 0.29) is 5.69 Å². The number of hydrogen-bond acceptors (Lipinski definition) is 4. The summed E-state index contributed by atoms with van der Waals surface area (Å²) in [4.78, 5) is 28.1. The molecule has 1 heterocycles. The Kier molecular flexibility index (Phi) is 2.23. The van der Waals surface area contributed by atoms with E-state index in [1.165, 1.54) is 6.20 Å². The molecule has 0 bridgehead atoms. The molecule has 12 heavy (non-hydrogen) atoms. The molecule has 0 aliphatic carbocycles. The Morgan fingerprint density at radius 2 is 2.25 bits per heavy atom. The lowest BCUT2D eigenvalue weighted by Crippen LogP contribution is -2.15. The highest BCUT2D eigenvalue weighted by molar-refractivity contribution is 6.40. The van der Waals surface area contributed by atoms with Crippen LogP contribution in [0, 0.1) is 6.92 Å². The molecule has 0 saturated carbocycles. The lowest BCUT2D eigenvalue weighted by atomic mass is 10.3. The third kappa shape index (κ3) is 1.50. The Bertz CT molecular complexity index is 316. The monoisotopic (exact) mass is 168 g/mol. The number of ether oxygens (including phenoxy) is 1. The number of H-pyrrole nitrogens is 1. The minimum atomic E-state index is -0.890. The van der Waals surface area contributed by atoms with E-state index >= 15 is 0 Å². The van der Waals surface area contributed by atoms with Crippen molar-refractivity contribution >= 4 is 11.8 Å². The number of methoxy groups -OCH3 is 1. The third-order valence-electron chi connectivity index (χ3n) is 1.32. The van der Waals surface area contributed by atoms with Crippen LogP contribution in [0.3, 0.4) is 0 Å². The fraction of sp³-hybridized carbons (Fsp3) is 0.286. The van der Waals surface area contributed by atoms with Gasteiger partial charge in [0.05, 0.1) is 13.3 Å². The molecule has 0 radical (unpaired) electrons. The Balaban J connectivity index is 2.85. The molecule has 0 aliphatic rings. The Labute approximate surface area is 68.8 Å². The van der Waals surface area contributed by atoms with Crippen molar-refractivity contribution in [1.29, 1.82) is 0 Å². The summed E-state index contributed by atoms with van der Waals surface area (Å²) in [5, 5.41) is 0. The van der Waals surface area contributed by atoms with Crippen molar-refractivity contribution in [1.82, 2.24) is 9.97 Å². The van der Waals surface area contributed by atoms with E-state index in [0.717, 1.165) is 7.11 Å². The van der Waals surface area contributed by atoms with Crippen LogP contribution < -0.4 is 0 Å². The molecular formula is C7H8N2O3. The number of rotatable bonds is 2. The standard InChI is InChI=1S/C7H8N2O3/c1-4-8-3-5(9-4)6(10)7(11)12-2/h3H,1-2H3,(H,8,9). The number of Topliss-reactive ketones (excluding diaryl/α,β-unsaturated/α-hetero) is 1. The normalized spacial score (nSPS) is 9.50. The van der Waals surface area contributed by atoms with E-state index < -0.39 is 11.8 Å². The number of nitrogens with zero attached hydrogens (tertiary/aromatic N) is 1. The minimum Gasteiger partial charge on any atom is -0.463 e. The van der Waals surface area contributed by atoms with E-state index in [4.69, 9.17) is 0 Å². The Hall–Kier alpha value is -1.65. The van der Waals surface area contributed by atoms with Gasteiger partial charge in [0.15, 0.2) is 0 Å². The summed E-state index contributed by atoms with van der Waals surface area (Å²) in [7, 11) is 1.16. The van der Waals surface area contributed by atoms with E-state index in [1.807, 2.05) is 0 Å². The number of ketones is 1. The number of nitrogens with one attached hydrogen (secondary N) is 1. The topological polar surface area (TPSA) is 72.1 Å². The number of imidazole rings is 1. The first-order chi connectivity index (χ1) is 5.65. The fourth-order valence-electron chi connectivity index (χ4n) is 0.739. The number of carbonyl (C=O) groups excluding carboxylic acids is 2. The number of hydrogen-bond donors (Lipinski definition) is 1. The second kappa shape index (κ2) is 3.17. The fourth-order valence-corrected chi connectivity index (χ4v) is 0.739. The molecule has 0 fully saturated rings. The second-order valence-electron chi connectivity index (χ2n) is 2.20. The van der Waals surface area contributed by atoms with Gasteiger partial charge in [-0.05, 0) is 6.92 Å². The molecule has 0 unspecified atom stereocenters. The van der Waals surface area contributed by atoms with Gasteiger partial charge in [0.25, 0.3) is 5.78 Å². The smallest absolute Gasteiger partial charge is 0.381 e.